The van der Waals surface area contributed by atoms with Gasteiger partial charge in [0.15, 0.2) is 0 Å². The highest BCUT2D eigenvalue weighted by Gasteiger charge is 2.49. The Morgan fingerprint density at radius 1 is 1.19 bits per heavy atom. The van der Waals surface area contributed by atoms with Crippen LogP contribution in [0.2, 0.25) is 0 Å². The number of amides is 4. The number of carbonyl (C=O) groups is 3. The van der Waals surface area contributed by atoms with Gasteiger partial charge in [-0.05, 0) is 18.3 Å². The van der Waals surface area contributed by atoms with Gasteiger partial charge in [-0.15, -0.1) is 23.5 Å². The van der Waals surface area contributed by atoms with Gasteiger partial charge in [-0.2, -0.15) is 0 Å². The van der Waals surface area contributed by atoms with Gasteiger partial charge < -0.3 is 21.3 Å². The molecule has 2 aliphatic rings. The summed E-state index contributed by atoms with van der Waals surface area (Å²) in [7, 11) is 0. The highest BCUT2D eigenvalue weighted by atomic mass is 32.2. The van der Waals surface area contributed by atoms with E-state index in [1.54, 1.807) is 23.5 Å². The van der Waals surface area contributed by atoms with Crippen molar-refractivity contribution in [3.8, 4) is 0 Å². The number of thioether (sulfide) groups is 2. The Kier molecular flexibility index (Phi) is 7.73. The third-order valence-corrected chi connectivity index (χ3v) is 8.55. The molecule has 2 saturated heterocycles. The number of nitrogens with one attached hydrogen (secondary N) is 2. The van der Waals surface area contributed by atoms with Crippen molar-refractivity contribution in [2.75, 3.05) is 37.7 Å². The van der Waals surface area contributed by atoms with Crippen molar-refractivity contribution >= 4 is 41.4 Å². The van der Waals surface area contributed by atoms with Crippen LogP contribution in [0.15, 0.2) is 0 Å². The second-order valence-electron chi connectivity index (χ2n) is 8.28. The van der Waals surface area contributed by atoms with Crippen LogP contribution in [0.4, 0.5) is 4.79 Å². The molecule has 4 amide bonds. The van der Waals surface area contributed by atoms with Crippen LogP contribution in [0.1, 0.15) is 40.0 Å². The minimum absolute atomic E-state index is 0.0290. The Balaban J connectivity index is 1.88. The van der Waals surface area contributed by atoms with Gasteiger partial charge in [-0.3, -0.25) is 9.59 Å². The maximum absolute atomic E-state index is 12.8. The van der Waals surface area contributed by atoms with E-state index in [9.17, 15) is 14.4 Å². The van der Waals surface area contributed by atoms with E-state index in [4.69, 9.17) is 5.73 Å². The number of nitrogens with two attached hydrogens (primary N) is 1. The van der Waals surface area contributed by atoms with E-state index in [2.05, 4.69) is 31.4 Å². The lowest BCUT2D eigenvalue weighted by Gasteiger charge is -2.42. The van der Waals surface area contributed by atoms with Gasteiger partial charge in [0.1, 0.15) is 4.58 Å². The number of nitrogens with zero attached hydrogens (tertiary/aromatic N) is 1. The molecule has 7 nitrogen and oxygen atoms in total. The average Bonchev–Trinajstić information content (AvgIpc) is 3.25. The first-order chi connectivity index (χ1) is 12.6. The van der Waals surface area contributed by atoms with Gasteiger partial charge in [0, 0.05) is 49.5 Å². The van der Waals surface area contributed by atoms with Crippen LogP contribution in [-0.4, -0.2) is 65.0 Å². The van der Waals surface area contributed by atoms with E-state index < -0.39 is 6.03 Å². The molecule has 0 spiro atoms. The third kappa shape index (κ3) is 5.94. The molecule has 9 heteroatoms. The summed E-state index contributed by atoms with van der Waals surface area (Å²) in [6.07, 6.45) is 1.80. The SMILES string of the molecule is CC(C)(C)C1(CNC(=O)CCCNC(N)=O)CCN(C(=O)C2SCCS2)C1. The number of carbonyl (C=O) groups excluding carboxylic acids is 3. The molecule has 0 saturated carbocycles. The molecule has 2 aliphatic heterocycles. The van der Waals surface area contributed by atoms with Crippen molar-refractivity contribution in [3.05, 3.63) is 0 Å². The minimum atomic E-state index is -0.573. The van der Waals surface area contributed by atoms with E-state index in [1.165, 1.54) is 0 Å². The second-order valence-corrected chi connectivity index (χ2v) is 11.0. The second kappa shape index (κ2) is 9.41. The van der Waals surface area contributed by atoms with Crippen LogP contribution >= 0.6 is 23.5 Å². The standard InChI is InChI=1S/C18H32N4O3S2/c1-17(2,3)18(11-21-13(23)5-4-7-20-16(19)25)6-8-22(12-18)14(24)15-26-9-10-27-15/h15H,4-12H2,1-3H3,(H,21,23)(H3,19,20,25). The smallest absolute Gasteiger partial charge is 0.312 e. The van der Waals surface area contributed by atoms with Crippen LogP contribution in [0.5, 0.6) is 0 Å². The van der Waals surface area contributed by atoms with E-state index in [-0.39, 0.29) is 27.2 Å². The molecule has 2 rings (SSSR count). The Hall–Kier alpha value is -1.09. The number of rotatable bonds is 7. The summed E-state index contributed by atoms with van der Waals surface area (Å²) in [6, 6.07) is -0.573. The quantitative estimate of drug-likeness (QED) is 0.547. The topological polar surface area (TPSA) is 105 Å². The zero-order valence-corrected chi connectivity index (χ0v) is 18.1. The Morgan fingerprint density at radius 2 is 1.85 bits per heavy atom. The molecule has 1 atom stereocenters. The molecule has 2 heterocycles. The predicted molar refractivity (Wildman–Crippen MR) is 112 cm³/mol. The summed E-state index contributed by atoms with van der Waals surface area (Å²) in [5.74, 6) is 2.29. The summed E-state index contributed by atoms with van der Waals surface area (Å²) < 4.78 is 0.0353. The van der Waals surface area contributed by atoms with Gasteiger partial charge in [0.25, 0.3) is 0 Å². The normalized spacial score (nSPS) is 23.4. The summed E-state index contributed by atoms with van der Waals surface area (Å²) in [4.78, 5) is 37.6. The van der Waals surface area contributed by atoms with E-state index >= 15 is 0 Å². The predicted octanol–water partition coefficient (Wildman–Crippen LogP) is 1.62. The molecule has 0 aromatic rings. The molecule has 2 fully saturated rings. The van der Waals surface area contributed by atoms with Crippen molar-refractivity contribution in [2.45, 2.75) is 44.6 Å². The lowest BCUT2D eigenvalue weighted by Crippen LogP contribution is -2.48. The van der Waals surface area contributed by atoms with Gasteiger partial charge in [0.05, 0.1) is 0 Å². The molecular formula is C18H32N4O3S2. The molecule has 0 bridgehead atoms. The summed E-state index contributed by atoms with van der Waals surface area (Å²) in [5, 5.41) is 5.54. The molecule has 154 valence electrons. The Morgan fingerprint density at radius 3 is 2.44 bits per heavy atom. The summed E-state index contributed by atoms with van der Waals surface area (Å²) in [6.45, 7) is 8.96. The monoisotopic (exact) mass is 416 g/mol. The zero-order valence-electron chi connectivity index (χ0n) is 16.5. The fourth-order valence-electron chi connectivity index (χ4n) is 3.55. The van der Waals surface area contributed by atoms with Crippen molar-refractivity contribution in [1.29, 1.82) is 0 Å². The number of likely N-dealkylation sites (tertiary alicyclic amines) is 1. The average molecular weight is 417 g/mol. The van der Waals surface area contributed by atoms with Crippen LogP contribution in [0.25, 0.3) is 0 Å². The van der Waals surface area contributed by atoms with Crippen LogP contribution < -0.4 is 16.4 Å². The first kappa shape index (κ1) is 22.2. The molecule has 1 unspecified atom stereocenters. The van der Waals surface area contributed by atoms with Crippen molar-refractivity contribution < 1.29 is 14.4 Å². The number of hydrogen-bond donors (Lipinski definition) is 3. The zero-order chi connectivity index (χ0) is 20.1. The van der Waals surface area contributed by atoms with Crippen molar-refractivity contribution in [3.63, 3.8) is 0 Å². The molecule has 0 radical (unpaired) electrons. The highest BCUT2D eigenvalue weighted by molar-refractivity contribution is 8.21. The molecule has 0 aromatic carbocycles. The van der Waals surface area contributed by atoms with Gasteiger partial charge >= 0.3 is 6.03 Å². The maximum Gasteiger partial charge on any atom is 0.312 e. The van der Waals surface area contributed by atoms with Crippen LogP contribution in [0, 0.1) is 10.8 Å². The summed E-state index contributed by atoms with van der Waals surface area (Å²) in [5.41, 5.74) is 4.86. The van der Waals surface area contributed by atoms with Crippen molar-refractivity contribution in [2.24, 2.45) is 16.6 Å². The first-order valence-corrected chi connectivity index (χ1v) is 11.6. The number of urea groups is 1. The number of hydrogen-bond acceptors (Lipinski definition) is 5. The third-order valence-electron chi connectivity index (χ3n) is 5.58. The van der Waals surface area contributed by atoms with Gasteiger partial charge in [-0.25, -0.2) is 4.79 Å². The maximum atomic E-state index is 12.8. The first-order valence-electron chi connectivity index (χ1n) is 9.47. The van der Waals surface area contributed by atoms with Crippen molar-refractivity contribution in [1.82, 2.24) is 15.5 Å². The molecule has 4 N–H and O–H groups in total. The summed E-state index contributed by atoms with van der Waals surface area (Å²) >= 11 is 3.48. The van der Waals surface area contributed by atoms with E-state index in [1.807, 2.05) is 4.90 Å². The largest absolute Gasteiger partial charge is 0.355 e. The van der Waals surface area contributed by atoms with Crippen LogP contribution in [-0.2, 0) is 9.59 Å². The fraction of sp³-hybridized carbons (Fsp3) is 0.833. The fourth-order valence-corrected chi connectivity index (χ4v) is 6.29. The molecule has 27 heavy (non-hydrogen) atoms. The van der Waals surface area contributed by atoms with Gasteiger partial charge in [0.2, 0.25) is 11.8 Å². The lowest BCUT2D eigenvalue weighted by molar-refractivity contribution is -0.128. The molecule has 0 aromatic heterocycles. The minimum Gasteiger partial charge on any atom is -0.355 e. The van der Waals surface area contributed by atoms with Crippen LogP contribution in [0.3, 0.4) is 0 Å². The van der Waals surface area contributed by atoms with E-state index in [0.29, 0.717) is 32.5 Å². The molecule has 0 aliphatic carbocycles. The van der Waals surface area contributed by atoms with Gasteiger partial charge in [-0.1, -0.05) is 20.8 Å². The highest BCUT2D eigenvalue weighted by Crippen LogP contribution is 2.46. The molecular weight excluding hydrogens is 384 g/mol. The van der Waals surface area contributed by atoms with E-state index in [0.717, 1.165) is 24.5 Å². The Bertz CT molecular complexity index is 561. The Labute approximate surface area is 170 Å². The lowest BCUT2D eigenvalue weighted by atomic mass is 9.66. The number of primary amides is 1.